The van der Waals surface area contributed by atoms with E-state index in [1.807, 2.05) is 24.3 Å². The number of carbonyl (C=O) groups is 3. The van der Waals surface area contributed by atoms with Crippen molar-refractivity contribution < 1.29 is 19.1 Å². The Morgan fingerprint density at radius 3 is 2.68 bits per heavy atom. The standard InChI is InChI=1S/C17H16N2O4S2/c1-3-23-12(20)8-9-19-16(22)14(25-17(19)24)13-10-6-4-5-7-11(10)18(2)15(13)21/h4-7H,3,8-9H2,1-2H3/b14-13-. The molecule has 3 rings (SSSR count). The minimum Gasteiger partial charge on any atom is -0.466 e. The van der Waals surface area contributed by atoms with Crippen LogP contribution in [-0.4, -0.2) is 47.2 Å². The number of carbonyl (C=O) groups excluding carboxylic acids is 3. The molecule has 0 unspecified atom stereocenters. The normalized spacial score (nSPS) is 19.7. The molecule has 0 bridgehead atoms. The van der Waals surface area contributed by atoms with E-state index in [1.165, 1.54) is 9.80 Å². The zero-order chi connectivity index (χ0) is 18.1. The molecule has 1 aromatic carbocycles. The maximum Gasteiger partial charge on any atom is 0.307 e. The summed E-state index contributed by atoms with van der Waals surface area (Å²) in [6.07, 6.45) is 0.0628. The highest BCUT2D eigenvalue weighted by molar-refractivity contribution is 8.26. The van der Waals surface area contributed by atoms with Crippen LogP contribution in [0.1, 0.15) is 18.9 Å². The van der Waals surface area contributed by atoms with Gasteiger partial charge < -0.3 is 9.64 Å². The fourth-order valence-electron chi connectivity index (χ4n) is 2.77. The average Bonchev–Trinajstić information content (AvgIpc) is 3.00. The Morgan fingerprint density at radius 2 is 1.96 bits per heavy atom. The predicted octanol–water partition coefficient (Wildman–Crippen LogP) is 2.19. The lowest BCUT2D eigenvalue weighted by Crippen LogP contribution is -2.31. The number of thioether (sulfide) groups is 1. The van der Waals surface area contributed by atoms with Gasteiger partial charge in [0.2, 0.25) is 0 Å². The summed E-state index contributed by atoms with van der Waals surface area (Å²) in [6, 6.07) is 7.32. The van der Waals surface area contributed by atoms with E-state index in [4.69, 9.17) is 17.0 Å². The van der Waals surface area contributed by atoms with Crippen LogP contribution in [0.3, 0.4) is 0 Å². The summed E-state index contributed by atoms with van der Waals surface area (Å²) in [5, 5.41) is 0. The first-order chi connectivity index (χ1) is 12.0. The van der Waals surface area contributed by atoms with Gasteiger partial charge in [0.05, 0.1) is 29.2 Å². The van der Waals surface area contributed by atoms with E-state index >= 15 is 0 Å². The smallest absolute Gasteiger partial charge is 0.307 e. The fourth-order valence-corrected chi connectivity index (χ4v) is 4.15. The lowest BCUT2D eigenvalue weighted by atomic mass is 10.1. The molecule has 1 aromatic rings. The minimum atomic E-state index is -0.383. The van der Waals surface area contributed by atoms with Gasteiger partial charge in [0.25, 0.3) is 11.8 Å². The average molecular weight is 376 g/mol. The number of anilines is 1. The van der Waals surface area contributed by atoms with Gasteiger partial charge in [0, 0.05) is 19.2 Å². The van der Waals surface area contributed by atoms with Crippen LogP contribution in [0.4, 0.5) is 5.69 Å². The molecular weight excluding hydrogens is 360 g/mol. The largest absolute Gasteiger partial charge is 0.466 e. The van der Waals surface area contributed by atoms with E-state index < -0.39 is 0 Å². The van der Waals surface area contributed by atoms with Gasteiger partial charge in [-0.25, -0.2) is 0 Å². The number of esters is 1. The monoisotopic (exact) mass is 376 g/mol. The van der Waals surface area contributed by atoms with Gasteiger partial charge in [-0.1, -0.05) is 42.2 Å². The summed E-state index contributed by atoms with van der Waals surface area (Å²) in [4.78, 5) is 40.1. The maximum absolute atomic E-state index is 12.8. The third-order valence-corrected chi connectivity index (χ3v) is 5.42. The first-order valence-electron chi connectivity index (χ1n) is 7.76. The Labute approximate surface area is 154 Å². The highest BCUT2D eigenvalue weighted by Gasteiger charge is 2.40. The molecule has 0 N–H and O–H groups in total. The summed E-state index contributed by atoms with van der Waals surface area (Å²) in [6.45, 7) is 2.16. The van der Waals surface area contributed by atoms with E-state index in [0.717, 1.165) is 23.0 Å². The number of amides is 2. The minimum absolute atomic E-state index is 0.0628. The number of benzene rings is 1. The van der Waals surface area contributed by atoms with Crippen molar-refractivity contribution in [1.82, 2.24) is 4.90 Å². The molecule has 25 heavy (non-hydrogen) atoms. The van der Waals surface area contributed by atoms with E-state index in [2.05, 4.69) is 0 Å². The molecule has 0 atom stereocenters. The molecule has 0 aromatic heterocycles. The van der Waals surface area contributed by atoms with E-state index in [-0.39, 0.29) is 30.7 Å². The van der Waals surface area contributed by atoms with Crippen molar-refractivity contribution >= 4 is 57.3 Å². The molecular formula is C17H16N2O4S2. The van der Waals surface area contributed by atoms with Crippen molar-refractivity contribution in [2.45, 2.75) is 13.3 Å². The molecule has 8 heteroatoms. The number of hydrogen-bond donors (Lipinski definition) is 0. The van der Waals surface area contributed by atoms with Crippen LogP contribution in [0.2, 0.25) is 0 Å². The van der Waals surface area contributed by atoms with E-state index in [1.54, 1.807) is 14.0 Å². The van der Waals surface area contributed by atoms with Crippen LogP contribution in [0.25, 0.3) is 5.57 Å². The molecule has 130 valence electrons. The Bertz CT molecular complexity index is 819. The second-order valence-corrected chi connectivity index (χ2v) is 7.11. The number of likely N-dealkylation sites (N-methyl/N-ethyl adjacent to an activating group) is 1. The summed E-state index contributed by atoms with van der Waals surface area (Å²) < 4.78 is 5.22. The molecule has 0 radical (unpaired) electrons. The summed E-state index contributed by atoms with van der Waals surface area (Å²) in [7, 11) is 1.68. The Kier molecular flexibility index (Phi) is 4.91. The van der Waals surface area contributed by atoms with E-state index in [9.17, 15) is 14.4 Å². The molecule has 0 saturated carbocycles. The molecule has 1 saturated heterocycles. The maximum atomic E-state index is 12.8. The highest BCUT2D eigenvalue weighted by Crippen LogP contribution is 2.43. The SMILES string of the molecule is CCOC(=O)CCN1C(=O)/C(=C2/C(=O)N(C)c3ccccc32)SC1=S. The Morgan fingerprint density at radius 1 is 1.24 bits per heavy atom. The lowest BCUT2D eigenvalue weighted by Gasteiger charge is -2.13. The number of thiocarbonyl (C=S) groups is 1. The fraction of sp³-hybridized carbons (Fsp3) is 0.294. The van der Waals surface area contributed by atoms with Crippen LogP contribution in [-0.2, 0) is 19.1 Å². The topological polar surface area (TPSA) is 66.9 Å². The highest BCUT2D eigenvalue weighted by atomic mass is 32.2. The first kappa shape index (κ1) is 17.6. The number of ether oxygens (including phenoxy) is 1. The number of nitrogens with zero attached hydrogens (tertiary/aromatic N) is 2. The van der Waals surface area contributed by atoms with Gasteiger partial charge in [-0.3, -0.25) is 19.3 Å². The van der Waals surface area contributed by atoms with Gasteiger partial charge in [0.1, 0.15) is 4.32 Å². The van der Waals surface area contributed by atoms with Gasteiger partial charge in [0.15, 0.2) is 0 Å². The van der Waals surface area contributed by atoms with Crippen LogP contribution >= 0.6 is 24.0 Å². The van der Waals surface area contributed by atoms with Gasteiger partial charge in [-0.15, -0.1) is 0 Å². The Hall–Kier alpha value is -2.19. The second-order valence-electron chi connectivity index (χ2n) is 5.47. The van der Waals surface area contributed by atoms with Crippen molar-refractivity contribution in [2.75, 3.05) is 25.1 Å². The van der Waals surface area contributed by atoms with Crippen molar-refractivity contribution in [1.29, 1.82) is 0 Å². The molecule has 2 aliphatic rings. The van der Waals surface area contributed by atoms with Crippen LogP contribution in [0.15, 0.2) is 29.2 Å². The molecule has 0 spiro atoms. The van der Waals surface area contributed by atoms with Crippen molar-refractivity contribution in [3.63, 3.8) is 0 Å². The first-order valence-corrected chi connectivity index (χ1v) is 8.99. The zero-order valence-corrected chi connectivity index (χ0v) is 15.4. The molecule has 1 fully saturated rings. The van der Waals surface area contributed by atoms with Crippen LogP contribution < -0.4 is 4.90 Å². The van der Waals surface area contributed by atoms with Crippen LogP contribution in [0.5, 0.6) is 0 Å². The zero-order valence-electron chi connectivity index (χ0n) is 13.8. The molecule has 6 nitrogen and oxygen atoms in total. The second kappa shape index (κ2) is 6.97. The number of hydrogen-bond acceptors (Lipinski definition) is 6. The number of para-hydroxylation sites is 1. The molecule has 0 aliphatic carbocycles. The van der Waals surface area contributed by atoms with Crippen molar-refractivity contribution in [3.8, 4) is 0 Å². The lowest BCUT2D eigenvalue weighted by molar-refractivity contribution is -0.143. The van der Waals surface area contributed by atoms with Gasteiger partial charge >= 0.3 is 5.97 Å². The summed E-state index contributed by atoms with van der Waals surface area (Å²) in [5.41, 5.74) is 1.86. The Balaban J connectivity index is 1.90. The van der Waals surface area contributed by atoms with E-state index in [0.29, 0.717) is 21.4 Å². The summed E-state index contributed by atoms with van der Waals surface area (Å²) in [5.74, 6) is -0.953. The van der Waals surface area contributed by atoms with Crippen LogP contribution in [0, 0.1) is 0 Å². The van der Waals surface area contributed by atoms with Crippen molar-refractivity contribution in [3.05, 3.63) is 34.7 Å². The molecule has 2 heterocycles. The third kappa shape index (κ3) is 3.07. The number of rotatable bonds is 4. The van der Waals surface area contributed by atoms with Crippen molar-refractivity contribution in [2.24, 2.45) is 0 Å². The summed E-state index contributed by atoms with van der Waals surface area (Å²) >= 11 is 6.37. The molecule has 2 amide bonds. The quantitative estimate of drug-likeness (QED) is 0.456. The van der Waals surface area contributed by atoms with Gasteiger partial charge in [-0.2, -0.15) is 0 Å². The van der Waals surface area contributed by atoms with Gasteiger partial charge in [-0.05, 0) is 13.0 Å². The number of fused-ring (bicyclic) bond motifs is 1. The predicted molar refractivity (Wildman–Crippen MR) is 99.9 cm³/mol. The molecule has 2 aliphatic heterocycles. The third-order valence-electron chi connectivity index (χ3n) is 3.97.